The highest BCUT2D eigenvalue weighted by atomic mass is 19.1. The second-order valence-electron chi connectivity index (χ2n) is 11.7. The third-order valence-electron chi connectivity index (χ3n) is 8.21. The third-order valence-corrected chi connectivity index (χ3v) is 8.21. The van der Waals surface area contributed by atoms with E-state index in [1.807, 2.05) is 57.3 Å². The number of nitrogens with zero attached hydrogens (tertiary/aromatic N) is 4. The van der Waals surface area contributed by atoms with Crippen LogP contribution in [0.2, 0.25) is 0 Å². The summed E-state index contributed by atoms with van der Waals surface area (Å²) in [4.78, 5) is 46.0. The van der Waals surface area contributed by atoms with Crippen LogP contribution in [0.3, 0.4) is 0 Å². The third kappa shape index (κ3) is 7.84. The number of rotatable bonds is 13. The van der Waals surface area contributed by atoms with Gasteiger partial charge in [-0.25, -0.2) is 9.18 Å². The van der Waals surface area contributed by atoms with Gasteiger partial charge in [0, 0.05) is 67.0 Å². The number of hydrogen-bond acceptors (Lipinski definition) is 6. The lowest BCUT2D eigenvalue weighted by Gasteiger charge is -2.19. The average molecular weight is 638 g/mol. The first kappa shape index (κ1) is 33.3. The molecule has 9 nitrogen and oxygen atoms in total. The maximum Gasteiger partial charge on any atom is 0.345 e. The van der Waals surface area contributed by atoms with Crippen molar-refractivity contribution in [2.24, 2.45) is 0 Å². The van der Waals surface area contributed by atoms with E-state index < -0.39 is 11.5 Å². The summed E-state index contributed by atoms with van der Waals surface area (Å²) in [6.07, 6.45) is 4.83. The quantitative estimate of drug-likeness (QED) is 0.152. The number of hydrogen-bond donors (Lipinski definition) is 1. The number of ether oxygens (including phenoxy) is 1. The first-order chi connectivity index (χ1) is 22.7. The van der Waals surface area contributed by atoms with E-state index in [1.54, 1.807) is 45.5 Å². The van der Waals surface area contributed by atoms with E-state index in [9.17, 15) is 18.8 Å². The molecule has 1 amide bonds. The number of pyridine rings is 1. The molecular formula is C37H40FN5O4. The molecule has 0 atom stereocenters. The van der Waals surface area contributed by atoms with Crippen LogP contribution in [0.25, 0.3) is 16.8 Å². The van der Waals surface area contributed by atoms with E-state index in [4.69, 9.17) is 4.74 Å². The number of likely N-dealkylation sites (N-methyl/N-ethyl adjacent to an activating group) is 1. The fourth-order valence-corrected chi connectivity index (χ4v) is 5.65. The lowest BCUT2D eigenvalue weighted by Crippen LogP contribution is -2.31. The van der Waals surface area contributed by atoms with Crippen LogP contribution >= 0.6 is 0 Å². The van der Waals surface area contributed by atoms with Crippen LogP contribution in [0.1, 0.15) is 60.9 Å². The van der Waals surface area contributed by atoms with Crippen molar-refractivity contribution >= 4 is 23.2 Å². The second-order valence-corrected chi connectivity index (χ2v) is 11.7. The number of fused-ring (bicyclic) bond motifs is 1. The number of amides is 1. The van der Waals surface area contributed by atoms with Gasteiger partial charge in [-0.15, -0.1) is 0 Å². The molecule has 47 heavy (non-hydrogen) atoms. The molecule has 0 fully saturated rings. The Labute approximate surface area is 273 Å². The van der Waals surface area contributed by atoms with E-state index in [0.717, 1.165) is 16.8 Å². The van der Waals surface area contributed by atoms with Crippen LogP contribution in [-0.2, 0) is 29.0 Å². The number of nitrogens with one attached hydrogen (secondary N) is 1. The molecule has 10 heteroatoms. The van der Waals surface area contributed by atoms with Crippen LogP contribution in [0.5, 0.6) is 0 Å². The van der Waals surface area contributed by atoms with Gasteiger partial charge in [-0.1, -0.05) is 50.2 Å². The number of benzene rings is 2. The van der Waals surface area contributed by atoms with Gasteiger partial charge in [0.15, 0.2) is 0 Å². The zero-order valence-corrected chi connectivity index (χ0v) is 27.2. The van der Waals surface area contributed by atoms with Crippen molar-refractivity contribution in [3.05, 3.63) is 124 Å². The van der Waals surface area contributed by atoms with Crippen LogP contribution < -0.4 is 10.9 Å². The molecule has 5 aromatic rings. The molecular weight excluding hydrogens is 597 g/mol. The Bertz CT molecular complexity index is 1910. The standard InChI is InChI=1S/C37H40FN5O4/c1-5-30(6-2)47-37(46)32-23-42(22-27-11-7-8-13-33(27)38)35-21-31(26-14-16-29(17-15-26)40-25(3)44)34(43(35)36(32)45)24-41(4)20-18-28-12-9-10-19-39-28/h7-17,19,21,23,30H,5-6,18,20,22,24H2,1-4H3,(H,40,44). The van der Waals surface area contributed by atoms with Crippen LogP contribution in [0, 0.1) is 5.82 Å². The molecule has 0 saturated heterocycles. The number of halogens is 1. The summed E-state index contributed by atoms with van der Waals surface area (Å²) >= 11 is 0. The minimum absolute atomic E-state index is 0.0849. The molecule has 0 spiro atoms. The molecule has 0 aliphatic heterocycles. The first-order valence-electron chi connectivity index (χ1n) is 15.9. The molecule has 0 unspecified atom stereocenters. The van der Waals surface area contributed by atoms with Gasteiger partial charge >= 0.3 is 5.97 Å². The van der Waals surface area contributed by atoms with Crippen LogP contribution in [0.15, 0.2) is 90.0 Å². The summed E-state index contributed by atoms with van der Waals surface area (Å²) in [5.74, 6) is -1.28. The molecule has 0 saturated carbocycles. The largest absolute Gasteiger partial charge is 0.459 e. The van der Waals surface area contributed by atoms with E-state index in [0.29, 0.717) is 54.9 Å². The highest BCUT2D eigenvalue weighted by Crippen LogP contribution is 2.30. The number of anilines is 1. The predicted molar refractivity (Wildman–Crippen MR) is 181 cm³/mol. The lowest BCUT2D eigenvalue weighted by atomic mass is 10.0. The molecule has 244 valence electrons. The zero-order valence-electron chi connectivity index (χ0n) is 27.2. The van der Waals surface area contributed by atoms with Gasteiger partial charge in [-0.3, -0.25) is 19.0 Å². The van der Waals surface area contributed by atoms with Gasteiger partial charge in [-0.2, -0.15) is 0 Å². The molecule has 2 aromatic carbocycles. The Morgan fingerprint density at radius 2 is 1.74 bits per heavy atom. The molecule has 0 bridgehead atoms. The Morgan fingerprint density at radius 3 is 2.40 bits per heavy atom. The molecule has 0 aliphatic carbocycles. The van der Waals surface area contributed by atoms with Crippen LogP contribution in [0.4, 0.5) is 10.1 Å². The number of aromatic nitrogens is 3. The minimum atomic E-state index is -0.711. The summed E-state index contributed by atoms with van der Waals surface area (Å²) in [5.41, 5.74) is 4.14. The molecule has 5 rings (SSSR count). The second kappa shape index (κ2) is 15.0. The highest BCUT2D eigenvalue weighted by molar-refractivity contribution is 5.90. The van der Waals surface area contributed by atoms with Crippen molar-refractivity contribution in [1.82, 2.24) is 18.9 Å². The molecule has 0 radical (unpaired) electrons. The van der Waals surface area contributed by atoms with Gasteiger partial charge in [0.05, 0.1) is 6.54 Å². The Hall–Kier alpha value is -5.09. The Kier molecular flexibility index (Phi) is 10.6. The van der Waals surface area contributed by atoms with Crippen molar-refractivity contribution in [2.75, 3.05) is 18.9 Å². The Morgan fingerprint density at radius 1 is 1.02 bits per heavy atom. The van der Waals surface area contributed by atoms with Gasteiger partial charge in [-0.05, 0) is 61.9 Å². The first-order valence-corrected chi connectivity index (χ1v) is 15.9. The van der Waals surface area contributed by atoms with Gasteiger partial charge < -0.3 is 19.5 Å². The van der Waals surface area contributed by atoms with Gasteiger partial charge in [0.25, 0.3) is 5.56 Å². The number of carbonyl (C=O) groups excluding carboxylic acids is 2. The SMILES string of the molecule is CCC(CC)OC(=O)c1cn(Cc2ccccc2F)c2cc(-c3ccc(NC(C)=O)cc3)c(CN(C)CCc3ccccn3)n2c1=O. The summed E-state index contributed by atoms with van der Waals surface area (Å²) in [7, 11) is 1.97. The normalized spacial score (nSPS) is 11.4. The monoisotopic (exact) mass is 637 g/mol. The maximum atomic E-state index is 14.9. The predicted octanol–water partition coefficient (Wildman–Crippen LogP) is 6.33. The zero-order chi connectivity index (χ0) is 33.5. The summed E-state index contributed by atoms with van der Waals surface area (Å²) in [6.45, 7) is 6.41. The number of carbonyl (C=O) groups is 2. The van der Waals surface area contributed by atoms with Crippen molar-refractivity contribution in [3.63, 3.8) is 0 Å². The van der Waals surface area contributed by atoms with Crippen molar-refractivity contribution < 1.29 is 18.7 Å². The highest BCUT2D eigenvalue weighted by Gasteiger charge is 2.25. The average Bonchev–Trinajstić information content (AvgIpc) is 3.44. The van der Waals surface area contributed by atoms with E-state index in [2.05, 4.69) is 15.2 Å². The van der Waals surface area contributed by atoms with Crippen molar-refractivity contribution in [1.29, 1.82) is 0 Å². The van der Waals surface area contributed by atoms with Crippen LogP contribution in [-0.4, -0.2) is 50.4 Å². The lowest BCUT2D eigenvalue weighted by molar-refractivity contribution is -0.114. The molecule has 1 N–H and O–H groups in total. The van der Waals surface area contributed by atoms with E-state index in [-0.39, 0.29) is 29.9 Å². The fraction of sp³-hybridized carbons (Fsp3) is 0.297. The van der Waals surface area contributed by atoms with E-state index in [1.165, 1.54) is 19.2 Å². The maximum absolute atomic E-state index is 14.9. The summed E-state index contributed by atoms with van der Waals surface area (Å²) < 4.78 is 24.0. The molecule has 3 aromatic heterocycles. The molecule has 0 aliphatic rings. The van der Waals surface area contributed by atoms with Gasteiger partial charge in [0.2, 0.25) is 5.91 Å². The summed E-state index contributed by atoms with van der Waals surface area (Å²) in [5, 5.41) is 2.79. The fourth-order valence-electron chi connectivity index (χ4n) is 5.65. The molecule has 3 heterocycles. The van der Waals surface area contributed by atoms with E-state index >= 15 is 0 Å². The minimum Gasteiger partial charge on any atom is -0.459 e. The smallest absolute Gasteiger partial charge is 0.345 e. The van der Waals surface area contributed by atoms with Crippen molar-refractivity contribution in [3.8, 4) is 11.1 Å². The number of esters is 1. The Balaban J connectivity index is 1.68. The van der Waals surface area contributed by atoms with Gasteiger partial charge in [0.1, 0.15) is 23.1 Å². The topological polar surface area (TPSA) is 97.9 Å². The summed E-state index contributed by atoms with van der Waals surface area (Å²) in [6, 6.07) is 21.5. The van der Waals surface area contributed by atoms with Crippen molar-refractivity contribution in [2.45, 2.75) is 59.2 Å².